The zero-order valence-electron chi connectivity index (χ0n) is 18.4. The number of para-hydroxylation sites is 1. The van der Waals surface area contributed by atoms with Crippen LogP contribution in [0.25, 0.3) is 0 Å². The molecule has 8 nitrogen and oxygen atoms in total. The number of aromatic nitrogens is 2. The average molecular weight is 485 g/mol. The molecule has 3 N–H and O–H groups in total. The van der Waals surface area contributed by atoms with Gasteiger partial charge >= 0.3 is 11.7 Å². The summed E-state index contributed by atoms with van der Waals surface area (Å²) in [4.78, 5) is 19.2. The predicted octanol–water partition coefficient (Wildman–Crippen LogP) is -5.22. The number of piperidine rings is 1. The lowest BCUT2D eigenvalue weighted by Crippen LogP contribution is -3.00. The van der Waals surface area contributed by atoms with Gasteiger partial charge in [-0.3, -0.25) is 4.79 Å². The van der Waals surface area contributed by atoms with Crippen molar-refractivity contribution in [2.75, 3.05) is 33.4 Å². The van der Waals surface area contributed by atoms with E-state index in [1.807, 2.05) is 24.0 Å². The molecule has 1 aromatic heterocycles. The first kappa shape index (κ1) is 24.6. The van der Waals surface area contributed by atoms with Crippen LogP contribution >= 0.6 is 0 Å². The van der Waals surface area contributed by atoms with Gasteiger partial charge < -0.3 is 44.5 Å². The van der Waals surface area contributed by atoms with E-state index >= 15 is 0 Å². The van der Waals surface area contributed by atoms with Crippen LogP contribution in [0.4, 0.5) is 0 Å². The van der Waals surface area contributed by atoms with Crippen LogP contribution < -0.4 is 44.6 Å². The topological polar surface area (TPSA) is 95.6 Å². The number of hydrogen-bond donors (Lipinski definition) is 1. The van der Waals surface area contributed by atoms with E-state index in [2.05, 4.69) is 21.5 Å². The summed E-state index contributed by atoms with van der Waals surface area (Å²) in [5.74, 6) is 3.08. The van der Waals surface area contributed by atoms with Gasteiger partial charge in [-0.15, -0.1) is 0 Å². The number of quaternary nitrogens is 1. The number of halogens is 2. The number of H-pyrrole nitrogens is 1. The average Bonchev–Trinajstić information content (AvgIpc) is 3.40. The number of likely N-dealkylation sites (tertiary alicyclic amines) is 1. The number of amides is 1. The van der Waals surface area contributed by atoms with Crippen LogP contribution in [0.15, 0.2) is 22.7 Å². The van der Waals surface area contributed by atoms with Crippen LogP contribution in [-0.4, -0.2) is 49.3 Å². The van der Waals surface area contributed by atoms with E-state index in [9.17, 15) is 4.79 Å². The van der Waals surface area contributed by atoms with Gasteiger partial charge in [0.15, 0.2) is 16.7 Å². The van der Waals surface area contributed by atoms with E-state index in [1.165, 1.54) is 0 Å². The molecule has 5 rings (SSSR count). The van der Waals surface area contributed by atoms with Crippen LogP contribution in [-0.2, 0) is 10.2 Å². The van der Waals surface area contributed by atoms with Crippen molar-refractivity contribution in [1.29, 1.82) is 0 Å². The van der Waals surface area contributed by atoms with Crippen molar-refractivity contribution in [1.82, 2.24) is 10.1 Å². The Balaban J connectivity index is 0.00000144. The van der Waals surface area contributed by atoms with Crippen molar-refractivity contribution in [3.8, 4) is 11.5 Å². The van der Waals surface area contributed by atoms with E-state index in [-0.39, 0.29) is 48.1 Å². The number of nitrogens with two attached hydrogens (primary N) is 1. The molecule has 3 atom stereocenters. The zero-order chi connectivity index (χ0) is 20.7. The molecule has 2 aromatic rings. The molecule has 1 aromatic carbocycles. The quantitative estimate of drug-likeness (QED) is 0.469. The minimum atomic E-state index is -0.234. The number of carbonyl (C=O) groups excluding carboxylic acids is 1. The highest BCUT2D eigenvalue weighted by Gasteiger charge is 2.56. The fourth-order valence-electron chi connectivity index (χ4n) is 5.63. The summed E-state index contributed by atoms with van der Waals surface area (Å²) < 4.78 is 17.1. The standard InChI is InChI=1S/C22H28N4O4.2ClH/c1-14-24-20(30-25-14)17-7-3-4-10-26(17)21(27)16-12-23-13-22(16)9-11-29-19-15(22)6-5-8-18(19)28-2;;/h5-6,8,16-17,23H,3-4,7,9-13H2,1-2H3;2*1H/t16-,17?,22-;;/m0../s1. The number of ether oxygens (including phenoxy) is 2. The molecule has 2 saturated heterocycles. The zero-order valence-corrected chi connectivity index (χ0v) is 19.9. The first-order valence-electron chi connectivity index (χ1n) is 10.9. The maximum absolute atomic E-state index is 14.0. The fraction of sp³-hybridized carbons (Fsp3) is 0.591. The van der Waals surface area contributed by atoms with E-state index in [1.54, 1.807) is 7.11 Å². The van der Waals surface area contributed by atoms with Crippen molar-refractivity contribution < 1.29 is 53.9 Å². The van der Waals surface area contributed by atoms with Crippen molar-refractivity contribution in [3.63, 3.8) is 0 Å². The van der Waals surface area contributed by atoms with E-state index in [0.29, 0.717) is 12.5 Å². The van der Waals surface area contributed by atoms with Crippen LogP contribution in [0.2, 0.25) is 0 Å². The maximum atomic E-state index is 14.0. The SMILES string of the molecule is COc1cccc2c1OCC[C@]21C[NH2+]C[C@H]1C(=O)N1CCCCC1c1[nH+]c(C)no1.[Cl-].[Cl-]. The minimum Gasteiger partial charge on any atom is -1.00 e. The first-order valence-corrected chi connectivity index (χ1v) is 10.9. The highest BCUT2D eigenvalue weighted by atomic mass is 35.5. The number of benzene rings is 1. The van der Waals surface area contributed by atoms with E-state index in [0.717, 1.165) is 68.2 Å². The van der Waals surface area contributed by atoms with Gasteiger partial charge in [-0.05, 0) is 31.7 Å². The van der Waals surface area contributed by atoms with Crippen LogP contribution in [0.5, 0.6) is 11.5 Å². The predicted molar refractivity (Wildman–Crippen MR) is 106 cm³/mol. The molecular formula is C22H30Cl2N4O4. The Labute approximate surface area is 200 Å². The molecule has 4 heterocycles. The number of fused-ring (bicyclic) bond motifs is 2. The van der Waals surface area contributed by atoms with Gasteiger partial charge in [0, 0.05) is 19.0 Å². The first-order chi connectivity index (χ1) is 14.6. The smallest absolute Gasteiger partial charge is 0.343 e. The van der Waals surface area contributed by atoms with Gasteiger partial charge in [0.2, 0.25) is 5.91 Å². The molecule has 0 bridgehead atoms. The van der Waals surface area contributed by atoms with Crippen LogP contribution in [0.3, 0.4) is 0 Å². The molecule has 10 heteroatoms. The minimum absolute atomic E-state index is 0. The molecular weight excluding hydrogens is 455 g/mol. The van der Waals surface area contributed by atoms with Gasteiger partial charge in [-0.25, -0.2) is 9.51 Å². The van der Waals surface area contributed by atoms with Gasteiger partial charge in [0.05, 0.1) is 32.2 Å². The molecule has 1 spiro atoms. The molecule has 0 aliphatic carbocycles. The Morgan fingerprint density at radius 1 is 1.34 bits per heavy atom. The molecule has 3 aliphatic rings. The number of rotatable bonds is 3. The van der Waals surface area contributed by atoms with Crippen molar-refractivity contribution in [2.45, 2.75) is 44.1 Å². The Morgan fingerprint density at radius 2 is 2.19 bits per heavy atom. The summed E-state index contributed by atoms with van der Waals surface area (Å²) >= 11 is 0. The third kappa shape index (κ3) is 3.93. The molecule has 1 amide bonds. The lowest BCUT2D eigenvalue weighted by Gasteiger charge is -2.41. The number of aryl methyl sites for hydroxylation is 1. The highest BCUT2D eigenvalue weighted by molar-refractivity contribution is 5.82. The molecule has 1 unspecified atom stereocenters. The number of nitrogens with zero attached hydrogens (tertiary/aromatic N) is 2. The summed E-state index contributed by atoms with van der Waals surface area (Å²) in [5.41, 5.74) is 0.873. The molecule has 0 saturated carbocycles. The second kappa shape index (κ2) is 9.85. The van der Waals surface area contributed by atoms with Crippen molar-refractivity contribution >= 4 is 5.91 Å². The highest BCUT2D eigenvalue weighted by Crippen LogP contribution is 2.49. The van der Waals surface area contributed by atoms with Gasteiger partial charge in [-0.1, -0.05) is 12.1 Å². The Bertz CT molecular complexity index is 956. The van der Waals surface area contributed by atoms with E-state index in [4.69, 9.17) is 14.0 Å². The lowest BCUT2D eigenvalue weighted by atomic mass is 9.68. The number of hydrogen-bond acceptors (Lipinski definition) is 5. The third-order valence-electron chi connectivity index (χ3n) is 7.08. The maximum Gasteiger partial charge on any atom is 0.343 e. The van der Waals surface area contributed by atoms with Gasteiger partial charge in [-0.2, -0.15) is 0 Å². The van der Waals surface area contributed by atoms with Gasteiger partial charge in [0.1, 0.15) is 12.0 Å². The number of methoxy groups -OCH3 is 1. The Morgan fingerprint density at radius 3 is 2.94 bits per heavy atom. The largest absolute Gasteiger partial charge is 1.00 e. The normalized spacial score (nSPS) is 26.5. The number of nitrogens with one attached hydrogen (secondary N) is 1. The lowest BCUT2D eigenvalue weighted by molar-refractivity contribution is -0.640. The van der Waals surface area contributed by atoms with Gasteiger partial charge in [0.25, 0.3) is 0 Å². The molecule has 176 valence electrons. The number of aromatic amines is 1. The summed E-state index contributed by atoms with van der Waals surface area (Å²) in [6, 6.07) is 5.97. The molecule has 0 radical (unpaired) electrons. The van der Waals surface area contributed by atoms with Crippen molar-refractivity contribution in [2.24, 2.45) is 5.92 Å². The Hall–Kier alpha value is -2.03. The monoisotopic (exact) mass is 484 g/mol. The summed E-state index contributed by atoms with van der Waals surface area (Å²) in [6.07, 6.45) is 3.84. The molecule has 32 heavy (non-hydrogen) atoms. The summed E-state index contributed by atoms with van der Waals surface area (Å²) in [7, 11) is 1.66. The summed E-state index contributed by atoms with van der Waals surface area (Å²) in [6.45, 7) is 4.90. The Kier molecular flexibility index (Phi) is 7.57. The molecule has 3 aliphatic heterocycles. The van der Waals surface area contributed by atoms with Crippen molar-refractivity contribution in [3.05, 3.63) is 35.5 Å². The third-order valence-corrected chi connectivity index (χ3v) is 7.08. The van der Waals surface area contributed by atoms with Crippen LogP contribution in [0, 0.1) is 12.8 Å². The van der Waals surface area contributed by atoms with E-state index < -0.39 is 0 Å². The second-order valence-corrected chi connectivity index (χ2v) is 8.67. The molecule has 2 fully saturated rings. The fourth-order valence-corrected chi connectivity index (χ4v) is 5.63. The summed E-state index contributed by atoms with van der Waals surface area (Å²) in [5, 5.41) is 6.29. The second-order valence-electron chi connectivity index (χ2n) is 8.67. The van der Waals surface area contributed by atoms with Crippen LogP contribution in [0.1, 0.15) is 49.0 Å². The number of carbonyl (C=O) groups is 1.